The van der Waals surface area contributed by atoms with E-state index in [-0.39, 0.29) is 30.5 Å². The molecule has 1 aliphatic heterocycles. The summed E-state index contributed by atoms with van der Waals surface area (Å²) in [6, 6.07) is 9.39. The van der Waals surface area contributed by atoms with Crippen molar-refractivity contribution in [2.75, 3.05) is 19.7 Å². The van der Waals surface area contributed by atoms with E-state index in [1.165, 1.54) is 35.2 Å². The number of carbonyl (C=O) groups is 1. The van der Waals surface area contributed by atoms with Gasteiger partial charge in [0.2, 0.25) is 0 Å². The maximum absolute atomic E-state index is 13.7. The minimum Gasteiger partial charge on any atom is -0.481 e. The number of rotatable bonds is 4. The third-order valence-electron chi connectivity index (χ3n) is 4.03. The standard InChI is InChI=1S/C18H16ClF2NO4/c19-14-9-13(21)4-5-15(14)26-17(11-2-1-3-12(20)8-11)16-10-22(18(23)24)6-7-25-16/h1-5,8-9,16-17H,6-7,10H2,(H,23,24)/t16-,17?/m0/s1. The first-order valence-electron chi connectivity index (χ1n) is 7.90. The van der Waals surface area contributed by atoms with Gasteiger partial charge < -0.3 is 19.5 Å². The first-order valence-corrected chi connectivity index (χ1v) is 8.28. The lowest BCUT2D eigenvalue weighted by Gasteiger charge is -2.36. The van der Waals surface area contributed by atoms with Crippen LogP contribution in [-0.4, -0.2) is 41.9 Å². The maximum atomic E-state index is 13.7. The molecule has 3 rings (SSSR count). The van der Waals surface area contributed by atoms with E-state index < -0.39 is 29.9 Å². The Morgan fingerprint density at radius 2 is 2.04 bits per heavy atom. The molecule has 2 aromatic rings. The van der Waals surface area contributed by atoms with Gasteiger partial charge in [-0.3, -0.25) is 0 Å². The fourth-order valence-corrected chi connectivity index (χ4v) is 2.99. The summed E-state index contributed by atoms with van der Waals surface area (Å²) in [5.41, 5.74) is 0.461. The molecule has 0 aliphatic carbocycles. The highest BCUT2D eigenvalue weighted by atomic mass is 35.5. The topological polar surface area (TPSA) is 59.0 Å². The highest BCUT2D eigenvalue weighted by Crippen LogP contribution is 2.33. The van der Waals surface area contributed by atoms with Crippen LogP contribution in [0.25, 0.3) is 0 Å². The van der Waals surface area contributed by atoms with Crippen molar-refractivity contribution in [1.82, 2.24) is 4.90 Å². The van der Waals surface area contributed by atoms with Gasteiger partial charge in [0, 0.05) is 6.54 Å². The summed E-state index contributed by atoms with van der Waals surface area (Å²) in [5, 5.41) is 9.28. The predicted octanol–water partition coefficient (Wildman–Crippen LogP) is 4.12. The lowest BCUT2D eigenvalue weighted by Crippen LogP contribution is -2.48. The monoisotopic (exact) mass is 383 g/mol. The minimum absolute atomic E-state index is 0.0509. The number of carboxylic acid groups (broad SMARTS) is 1. The van der Waals surface area contributed by atoms with E-state index in [9.17, 15) is 18.7 Å². The van der Waals surface area contributed by atoms with Crippen LogP contribution in [0.5, 0.6) is 5.75 Å². The van der Waals surface area contributed by atoms with Crippen molar-refractivity contribution < 1.29 is 28.2 Å². The summed E-state index contributed by atoms with van der Waals surface area (Å²) in [6.07, 6.45) is -2.57. The Morgan fingerprint density at radius 1 is 1.27 bits per heavy atom. The van der Waals surface area contributed by atoms with Crippen LogP contribution in [0.1, 0.15) is 11.7 Å². The molecule has 0 aromatic heterocycles. The summed E-state index contributed by atoms with van der Waals surface area (Å²) < 4.78 is 38.5. The molecule has 138 valence electrons. The number of nitrogens with zero attached hydrogens (tertiary/aromatic N) is 1. The molecule has 1 saturated heterocycles. The van der Waals surface area contributed by atoms with Crippen molar-refractivity contribution in [3.63, 3.8) is 0 Å². The zero-order chi connectivity index (χ0) is 18.7. The number of benzene rings is 2. The van der Waals surface area contributed by atoms with E-state index in [0.29, 0.717) is 5.56 Å². The molecule has 2 aromatic carbocycles. The molecule has 0 spiro atoms. The van der Waals surface area contributed by atoms with Crippen LogP contribution < -0.4 is 4.74 Å². The normalized spacial score (nSPS) is 18.4. The largest absolute Gasteiger partial charge is 0.481 e. The van der Waals surface area contributed by atoms with Crippen LogP contribution >= 0.6 is 11.6 Å². The molecule has 1 N–H and O–H groups in total. The number of morpholine rings is 1. The summed E-state index contributed by atoms with van der Waals surface area (Å²) >= 11 is 6.03. The van der Waals surface area contributed by atoms with Gasteiger partial charge >= 0.3 is 6.09 Å². The average molecular weight is 384 g/mol. The minimum atomic E-state index is -1.07. The van der Waals surface area contributed by atoms with E-state index in [2.05, 4.69) is 0 Å². The zero-order valence-corrected chi connectivity index (χ0v) is 14.3. The first-order chi connectivity index (χ1) is 12.4. The molecule has 1 aliphatic rings. The van der Waals surface area contributed by atoms with E-state index in [4.69, 9.17) is 21.1 Å². The number of hydrogen-bond acceptors (Lipinski definition) is 3. The fourth-order valence-electron chi connectivity index (χ4n) is 2.78. The van der Waals surface area contributed by atoms with Crippen molar-refractivity contribution in [1.29, 1.82) is 0 Å². The molecular weight excluding hydrogens is 368 g/mol. The molecule has 26 heavy (non-hydrogen) atoms. The summed E-state index contributed by atoms with van der Waals surface area (Å²) in [4.78, 5) is 12.5. The summed E-state index contributed by atoms with van der Waals surface area (Å²) in [7, 11) is 0. The van der Waals surface area contributed by atoms with Gasteiger partial charge in [-0.25, -0.2) is 13.6 Å². The van der Waals surface area contributed by atoms with Gasteiger partial charge in [0.25, 0.3) is 0 Å². The lowest BCUT2D eigenvalue weighted by molar-refractivity contribution is -0.0754. The van der Waals surface area contributed by atoms with Crippen LogP contribution in [0.2, 0.25) is 5.02 Å². The maximum Gasteiger partial charge on any atom is 0.407 e. The van der Waals surface area contributed by atoms with Gasteiger partial charge in [0.05, 0.1) is 18.2 Å². The molecular formula is C18H16ClF2NO4. The van der Waals surface area contributed by atoms with Crippen molar-refractivity contribution in [2.45, 2.75) is 12.2 Å². The molecule has 0 saturated carbocycles. The molecule has 1 fully saturated rings. The second kappa shape index (κ2) is 7.88. The molecule has 0 radical (unpaired) electrons. The first kappa shape index (κ1) is 18.4. The molecule has 0 bridgehead atoms. The average Bonchev–Trinajstić information content (AvgIpc) is 2.61. The van der Waals surface area contributed by atoms with Gasteiger partial charge in [-0.05, 0) is 35.9 Å². The van der Waals surface area contributed by atoms with Gasteiger partial charge in [0.1, 0.15) is 23.5 Å². The number of ether oxygens (including phenoxy) is 2. The summed E-state index contributed by atoms with van der Waals surface area (Å²) in [5.74, 6) is -0.791. The quantitative estimate of drug-likeness (QED) is 0.863. The van der Waals surface area contributed by atoms with Crippen LogP contribution in [0.4, 0.5) is 13.6 Å². The molecule has 1 heterocycles. The van der Waals surface area contributed by atoms with Crippen molar-refractivity contribution in [3.05, 3.63) is 64.7 Å². The van der Waals surface area contributed by atoms with E-state index in [1.54, 1.807) is 6.07 Å². The lowest BCUT2D eigenvalue weighted by atomic mass is 10.0. The zero-order valence-electron chi connectivity index (χ0n) is 13.6. The van der Waals surface area contributed by atoms with Crippen molar-refractivity contribution in [3.8, 4) is 5.75 Å². The van der Waals surface area contributed by atoms with Crippen LogP contribution in [0.3, 0.4) is 0 Å². The third kappa shape index (κ3) is 4.23. The van der Waals surface area contributed by atoms with Gasteiger partial charge in [-0.15, -0.1) is 0 Å². The highest BCUT2D eigenvalue weighted by Gasteiger charge is 2.33. The molecule has 1 unspecified atom stereocenters. The second-order valence-corrected chi connectivity index (χ2v) is 6.21. The number of amides is 1. The second-order valence-electron chi connectivity index (χ2n) is 5.81. The molecule has 1 amide bonds. The number of hydrogen-bond donors (Lipinski definition) is 1. The Kier molecular flexibility index (Phi) is 5.58. The highest BCUT2D eigenvalue weighted by molar-refractivity contribution is 6.32. The Hall–Kier alpha value is -2.38. The smallest absolute Gasteiger partial charge is 0.407 e. The molecule has 5 nitrogen and oxygen atoms in total. The SMILES string of the molecule is O=C(O)N1CCO[C@H](C(Oc2ccc(F)cc2Cl)c2cccc(F)c2)C1. The Morgan fingerprint density at radius 3 is 2.73 bits per heavy atom. The van der Waals surface area contributed by atoms with Gasteiger partial charge in [-0.1, -0.05) is 23.7 Å². The molecule has 8 heteroatoms. The fraction of sp³-hybridized carbons (Fsp3) is 0.278. The molecule has 2 atom stereocenters. The van der Waals surface area contributed by atoms with Gasteiger partial charge in [-0.2, -0.15) is 0 Å². The van der Waals surface area contributed by atoms with Crippen LogP contribution in [0, 0.1) is 11.6 Å². The van der Waals surface area contributed by atoms with E-state index in [0.717, 1.165) is 6.07 Å². The van der Waals surface area contributed by atoms with E-state index in [1.807, 2.05) is 0 Å². The Labute approximate surface area is 153 Å². The summed E-state index contributed by atoms with van der Waals surface area (Å²) in [6.45, 7) is 0.470. The Balaban J connectivity index is 1.92. The van der Waals surface area contributed by atoms with Crippen molar-refractivity contribution in [2.24, 2.45) is 0 Å². The third-order valence-corrected chi connectivity index (χ3v) is 4.32. The van der Waals surface area contributed by atoms with E-state index >= 15 is 0 Å². The van der Waals surface area contributed by atoms with Gasteiger partial charge in [0.15, 0.2) is 6.10 Å². The van der Waals surface area contributed by atoms with Crippen molar-refractivity contribution >= 4 is 17.7 Å². The Bertz CT molecular complexity index is 805. The van der Waals surface area contributed by atoms with Crippen LogP contribution in [0.15, 0.2) is 42.5 Å². The number of halogens is 3. The predicted molar refractivity (Wildman–Crippen MR) is 90.5 cm³/mol. The van der Waals surface area contributed by atoms with Crippen LogP contribution in [-0.2, 0) is 4.74 Å².